The average molecular weight is 263 g/mol. The first-order chi connectivity index (χ1) is 8.70. The Morgan fingerprint density at radius 2 is 2.17 bits per heavy atom. The monoisotopic (exact) mass is 263 g/mol. The highest BCUT2D eigenvalue weighted by Gasteiger charge is 2.07. The van der Waals surface area contributed by atoms with Crippen LogP contribution in [0.15, 0.2) is 23.4 Å². The highest BCUT2D eigenvalue weighted by Crippen LogP contribution is 2.16. The summed E-state index contributed by atoms with van der Waals surface area (Å²) in [7, 11) is 1.94. The van der Waals surface area contributed by atoms with Crippen molar-refractivity contribution in [3.63, 3.8) is 0 Å². The van der Waals surface area contributed by atoms with Gasteiger partial charge in [-0.3, -0.25) is 4.98 Å². The van der Waals surface area contributed by atoms with E-state index < -0.39 is 0 Å². The van der Waals surface area contributed by atoms with Gasteiger partial charge in [0.25, 0.3) is 0 Å². The third-order valence-corrected chi connectivity index (χ3v) is 3.66. The first-order valence-electron chi connectivity index (χ1n) is 5.84. The lowest BCUT2D eigenvalue weighted by Gasteiger charge is -2.03. The Balaban J connectivity index is 1.90. The van der Waals surface area contributed by atoms with Crippen LogP contribution in [0.2, 0.25) is 0 Å². The topological polar surface area (TPSA) is 69.6 Å². The molecule has 2 aromatic heterocycles. The van der Waals surface area contributed by atoms with E-state index in [-0.39, 0.29) is 0 Å². The first-order valence-corrected chi connectivity index (χ1v) is 6.83. The Labute approximate surface area is 111 Å². The smallest absolute Gasteiger partial charge is 0.190 e. The van der Waals surface area contributed by atoms with Crippen LogP contribution in [0, 0.1) is 6.92 Å². The molecule has 0 aliphatic heterocycles. The van der Waals surface area contributed by atoms with Crippen LogP contribution in [-0.2, 0) is 20.0 Å². The summed E-state index contributed by atoms with van der Waals surface area (Å²) < 4.78 is 1.94. The summed E-state index contributed by atoms with van der Waals surface area (Å²) >= 11 is 1.68. The Morgan fingerprint density at radius 1 is 1.33 bits per heavy atom. The molecule has 2 aromatic rings. The highest BCUT2D eigenvalue weighted by atomic mass is 32.2. The normalized spacial score (nSPS) is 10.8. The van der Waals surface area contributed by atoms with Crippen LogP contribution in [0.25, 0.3) is 0 Å². The van der Waals surface area contributed by atoms with Gasteiger partial charge in [-0.25, -0.2) is 0 Å². The van der Waals surface area contributed by atoms with Crippen LogP contribution in [0.3, 0.4) is 0 Å². The van der Waals surface area contributed by atoms with Crippen molar-refractivity contribution in [3.05, 3.63) is 35.4 Å². The molecule has 18 heavy (non-hydrogen) atoms. The van der Waals surface area contributed by atoms with Gasteiger partial charge in [0.05, 0.1) is 6.54 Å². The summed E-state index contributed by atoms with van der Waals surface area (Å²) in [5, 5.41) is 9.04. The summed E-state index contributed by atoms with van der Waals surface area (Å²) in [6, 6.07) is 6.10. The molecule has 0 bridgehead atoms. The van der Waals surface area contributed by atoms with Gasteiger partial charge >= 0.3 is 0 Å². The third kappa shape index (κ3) is 3.08. The van der Waals surface area contributed by atoms with E-state index in [1.807, 2.05) is 30.7 Å². The molecule has 0 saturated carbocycles. The number of aryl methyl sites for hydroxylation is 2. The minimum Gasteiger partial charge on any atom is -0.324 e. The SMILES string of the molecule is Cc1cccc(CCSc2nnc(CN)n2C)n1. The fourth-order valence-corrected chi connectivity index (χ4v) is 2.53. The molecule has 0 aromatic carbocycles. The third-order valence-electron chi connectivity index (χ3n) is 2.64. The van der Waals surface area contributed by atoms with Gasteiger partial charge in [-0.15, -0.1) is 10.2 Å². The van der Waals surface area contributed by atoms with Gasteiger partial charge < -0.3 is 10.3 Å². The van der Waals surface area contributed by atoms with Crippen molar-refractivity contribution in [2.75, 3.05) is 5.75 Å². The highest BCUT2D eigenvalue weighted by molar-refractivity contribution is 7.99. The van der Waals surface area contributed by atoms with E-state index in [9.17, 15) is 0 Å². The zero-order valence-electron chi connectivity index (χ0n) is 10.6. The maximum atomic E-state index is 5.56. The summed E-state index contributed by atoms with van der Waals surface area (Å²) in [5.41, 5.74) is 7.73. The molecule has 0 amide bonds. The lowest BCUT2D eigenvalue weighted by Crippen LogP contribution is -2.05. The van der Waals surface area contributed by atoms with E-state index in [0.29, 0.717) is 6.54 Å². The van der Waals surface area contributed by atoms with Gasteiger partial charge in [0.2, 0.25) is 0 Å². The molecule has 0 atom stereocenters. The Hall–Kier alpha value is -1.40. The second-order valence-electron chi connectivity index (χ2n) is 4.03. The Kier molecular flexibility index (Phi) is 4.33. The van der Waals surface area contributed by atoms with Crippen molar-refractivity contribution in [2.24, 2.45) is 12.8 Å². The van der Waals surface area contributed by atoms with Crippen molar-refractivity contribution in [3.8, 4) is 0 Å². The van der Waals surface area contributed by atoms with Crippen LogP contribution < -0.4 is 5.73 Å². The lowest BCUT2D eigenvalue weighted by molar-refractivity contribution is 0.734. The number of rotatable bonds is 5. The molecule has 2 heterocycles. The molecule has 0 radical (unpaired) electrons. The average Bonchev–Trinajstić information content (AvgIpc) is 2.71. The number of pyridine rings is 1. The Morgan fingerprint density at radius 3 is 2.83 bits per heavy atom. The molecular formula is C12H17N5S. The zero-order valence-corrected chi connectivity index (χ0v) is 11.4. The maximum absolute atomic E-state index is 5.56. The summed E-state index contributed by atoms with van der Waals surface area (Å²) in [5.74, 6) is 1.75. The largest absolute Gasteiger partial charge is 0.324 e. The molecule has 96 valence electrons. The number of nitrogens with two attached hydrogens (primary N) is 1. The van der Waals surface area contributed by atoms with Crippen molar-refractivity contribution in [1.82, 2.24) is 19.7 Å². The first kappa shape index (κ1) is 13.0. The summed E-state index contributed by atoms with van der Waals surface area (Å²) in [4.78, 5) is 4.47. The molecule has 6 heteroatoms. The summed E-state index contributed by atoms with van der Waals surface area (Å²) in [6.45, 7) is 2.43. The van der Waals surface area contributed by atoms with Gasteiger partial charge in [-0.2, -0.15) is 0 Å². The quantitative estimate of drug-likeness (QED) is 0.824. The summed E-state index contributed by atoms with van der Waals surface area (Å²) in [6.07, 6.45) is 0.928. The van der Waals surface area contributed by atoms with Crippen molar-refractivity contribution in [2.45, 2.75) is 25.0 Å². The van der Waals surface area contributed by atoms with E-state index in [1.54, 1.807) is 11.8 Å². The minimum atomic E-state index is 0.420. The van der Waals surface area contributed by atoms with Gasteiger partial charge in [0, 0.05) is 24.2 Å². The molecular weight excluding hydrogens is 246 g/mol. The van der Waals surface area contributed by atoms with Crippen LogP contribution in [0.5, 0.6) is 0 Å². The van der Waals surface area contributed by atoms with Gasteiger partial charge in [0.15, 0.2) is 5.16 Å². The molecule has 5 nitrogen and oxygen atoms in total. The van der Waals surface area contributed by atoms with Gasteiger partial charge in [-0.05, 0) is 25.5 Å². The van der Waals surface area contributed by atoms with E-state index in [4.69, 9.17) is 5.73 Å². The van der Waals surface area contributed by atoms with Gasteiger partial charge in [-0.1, -0.05) is 17.8 Å². The molecule has 0 aliphatic rings. The van der Waals surface area contributed by atoms with Crippen molar-refractivity contribution in [1.29, 1.82) is 0 Å². The van der Waals surface area contributed by atoms with Crippen molar-refractivity contribution < 1.29 is 0 Å². The predicted octanol–water partition coefficient (Wildman–Crippen LogP) is 1.31. The maximum Gasteiger partial charge on any atom is 0.190 e. The molecule has 0 fully saturated rings. The molecule has 2 N–H and O–H groups in total. The standard InChI is InChI=1S/C12H17N5S/c1-9-4-3-5-10(14-9)6-7-18-12-16-15-11(8-13)17(12)2/h3-5H,6-8,13H2,1-2H3. The van der Waals surface area contributed by atoms with Crippen LogP contribution in [0.1, 0.15) is 17.2 Å². The number of hydrogen-bond acceptors (Lipinski definition) is 5. The predicted molar refractivity (Wildman–Crippen MR) is 72.3 cm³/mol. The Bertz CT molecular complexity index is 523. The van der Waals surface area contributed by atoms with Crippen molar-refractivity contribution >= 4 is 11.8 Å². The molecule has 0 aliphatic carbocycles. The second kappa shape index (κ2) is 5.97. The number of aromatic nitrogens is 4. The zero-order chi connectivity index (χ0) is 13.0. The van der Waals surface area contributed by atoms with Gasteiger partial charge in [0.1, 0.15) is 5.82 Å². The number of thioether (sulfide) groups is 1. The number of hydrogen-bond donors (Lipinski definition) is 1. The van der Waals surface area contributed by atoms with Crippen LogP contribution in [0.4, 0.5) is 0 Å². The molecule has 0 spiro atoms. The molecule has 2 rings (SSSR count). The van der Waals surface area contributed by atoms with E-state index in [1.165, 1.54) is 0 Å². The van der Waals surface area contributed by atoms with Crippen LogP contribution in [-0.4, -0.2) is 25.5 Å². The van der Waals surface area contributed by atoms with Crippen LogP contribution >= 0.6 is 11.8 Å². The second-order valence-corrected chi connectivity index (χ2v) is 5.09. The minimum absolute atomic E-state index is 0.420. The lowest BCUT2D eigenvalue weighted by atomic mass is 10.3. The van der Waals surface area contributed by atoms with E-state index in [0.717, 1.165) is 34.5 Å². The number of nitrogens with zero attached hydrogens (tertiary/aromatic N) is 4. The fraction of sp³-hybridized carbons (Fsp3) is 0.417. The van der Waals surface area contributed by atoms with E-state index in [2.05, 4.69) is 21.2 Å². The molecule has 0 saturated heterocycles. The fourth-order valence-electron chi connectivity index (χ4n) is 1.63. The molecule has 0 unspecified atom stereocenters. The van der Waals surface area contributed by atoms with E-state index >= 15 is 0 Å².